The van der Waals surface area contributed by atoms with Crippen LogP contribution in [-0.2, 0) is 11.2 Å². The number of aryl methyl sites for hydroxylation is 1. The Bertz CT molecular complexity index is 718. The van der Waals surface area contributed by atoms with Crippen LogP contribution in [0.2, 0.25) is 0 Å². The Morgan fingerprint density at radius 1 is 1.17 bits per heavy atom. The quantitative estimate of drug-likeness (QED) is 0.756. The van der Waals surface area contributed by atoms with Gasteiger partial charge in [-0.25, -0.2) is 9.18 Å². The van der Waals surface area contributed by atoms with Crippen molar-refractivity contribution in [3.8, 4) is 0 Å². The van der Waals surface area contributed by atoms with E-state index < -0.39 is 5.97 Å². The average Bonchev–Trinajstić information content (AvgIpc) is 2.55. The number of benzene rings is 2. The first kappa shape index (κ1) is 16.5. The maximum Gasteiger partial charge on any atom is 0.335 e. The minimum atomic E-state index is -0.929. The molecule has 0 saturated carbocycles. The highest BCUT2D eigenvalue weighted by Crippen LogP contribution is 2.15. The molecule has 0 bridgehead atoms. The summed E-state index contributed by atoms with van der Waals surface area (Å²) in [4.78, 5) is 10.9. The highest BCUT2D eigenvalue weighted by Gasteiger charge is 2.02. The van der Waals surface area contributed by atoms with Crippen LogP contribution in [0.25, 0.3) is 5.76 Å². The van der Waals surface area contributed by atoms with Gasteiger partial charge in [0.1, 0.15) is 11.6 Å². The third kappa shape index (κ3) is 5.11. The van der Waals surface area contributed by atoms with E-state index in [1.165, 1.54) is 18.4 Å². The number of aromatic carboxylic acids is 1. The topological polar surface area (TPSA) is 46.5 Å². The number of carboxylic acids is 1. The fraction of sp³-hybridized carbons (Fsp3) is 0.105. The minimum absolute atomic E-state index is 0.285. The summed E-state index contributed by atoms with van der Waals surface area (Å²) in [6.45, 7) is 3.78. The van der Waals surface area contributed by atoms with Crippen LogP contribution in [0.5, 0.6) is 0 Å². The maximum atomic E-state index is 12.8. The van der Waals surface area contributed by atoms with Crippen molar-refractivity contribution in [3.05, 3.63) is 90.0 Å². The summed E-state index contributed by atoms with van der Waals surface area (Å²) in [5.41, 5.74) is 1.95. The molecule has 0 aliphatic rings. The van der Waals surface area contributed by atoms with Gasteiger partial charge in [-0.15, -0.1) is 0 Å². The first-order chi connectivity index (χ1) is 11.1. The van der Waals surface area contributed by atoms with E-state index in [0.29, 0.717) is 24.2 Å². The standard InChI is InChI=1S/C19H17FO3/c1-14(16-8-10-18(20)11-9-16)23-12-3-2-5-15-6-4-7-17(13-15)19(21)22/h3-4,6-13H,1-2,5H2,(H,21,22)/b12-3+. The zero-order chi connectivity index (χ0) is 16.7. The number of rotatable bonds is 7. The molecule has 4 heteroatoms. The summed E-state index contributed by atoms with van der Waals surface area (Å²) in [5, 5.41) is 8.94. The van der Waals surface area contributed by atoms with E-state index in [1.807, 2.05) is 12.1 Å². The molecule has 0 fully saturated rings. The second-order valence-corrected chi connectivity index (χ2v) is 4.96. The van der Waals surface area contributed by atoms with Crippen LogP contribution in [0.1, 0.15) is 27.9 Å². The summed E-state index contributed by atoms with van der Waals surface area (Å²) in [6.07, 6.45) is 4.79. The molecule has 3 nitrogen and oxygen atoms in total. The van der Waals surface area contributed by atoms with Gasteiger partial charge in [-0.3, -0.25) is 0 Å². The molecule has 0 aromatic heterocycles. The number of hydrogen-bond donors (Lipinski definition) is 1. The highest BCUT2D eigenvalue weighted by atomic mass is 19.1. The highest BCUT2D eigenvalue weighted by molar-refractivity contribution is 5.87. The Morgan fingerprint density at radius 2 is 1.91 bits per heavy atom. The van der Waals surface area contributed by atoms with E-state index in [0.717, 1.165) is 5.56 Å². The Labute approximate surface area is 134 Å². The van der Waals surface area contributed by atoms with Crippen molar-refractivity contribution >= 4 is 11.7 Å². The summed E-state index contributed by atoms with van der Waals surface area (Å²) >= 11 is 0. The van der Waals surface area contributed by atoms with E-state index in [1.54, 1.807) is 30.3 Å². The lowest BCUT2D eigenvalue weighted by Crippen LogP contribution is -1.97. The minimum Gasteiger partial charge on any atom is -0.478 e. The molecule has 0 saturated heterocycles. The van der Waals surface area contributed by atoms with Crippen molar-refractivity contribution in [2.75, 3.05) is 0 Å². The van der Waals surface area contributed by atoms with Gasteiger partial charge in [0.15, 0.2) is 0 Å². The van der Waals surface area contributed by atoms with Crippen LogP contribution in [0.4, 0.5) is 4.39 Å². The van der Waals surface area contributed by atoms with Crippen LogP contribution in [0.3, 0.4) is 0 Å². The van der Waals surface area contributed by atoms with Crippen LogP contribution in [0, 0.1) is 5.82 Å². The Kier molecular flexibility index (Phi) is 5.69. The lowest BCUT2D eigenvalue weighted by Gasteiger charge is -2.04. The van der Waals surface area contributed by atoms with Crippen molar-refractivity contribution in [1.29, 1.82) is 0 Å². The molecule has 2 rings (SSSR count). The molecule has 0 spiro atoms. The van der Waals surface area contributed by atoms with Gasteiger partial charge in [-0.2, -0.15) is 0 Å². The normalized spacial score (nSPS) is 10.7. The number of ether oxygens (including phenoxy) is 1. The first-order valence-electron chi connectivity index (χ1n) is 7.15. The Balaban J connectivity index is 1.81. The zero-order valence-corrected chi connectivity index (χ0v) is 12.5. The lowest BCUT2D eigenvalue weighted by atomic mass is 10.1. The molecule has 0 heterocycles. The fourth-order valence-corrected chi connectivity index (χ4v) is 2.01. The van der Waals surface area contributed by atoms with Crippen molar-refractivity contribution in [1.82, 2.24) is 0 Å². The van der Waals surface area contributed by atoms with Crippen molar-refractivity contribution in [2.24, 2.45) is 0 Å². The van der Waals surface area contributed by atoms with Gasteiger partial charge in [0, 0.05) is 5.56 Å². The number of carbonyl (C=O) groups is 1. The lowest BCUT2D eigenvalue weighted by molar-refractivity contribution is 0.0696. The second-order valence-electron chi connectivity index (χ2n) is 4.96. The predicted molar refractivity (Wildman–Crippen MR) is 87.4 cm³/mol. The molecule has 0 amide bonds. The fourth-order valence-electron chi connectivity index (χ4n) is 2.01. The molecule has 2 aromatic carbocycles. The van der Waals surface area contributed by atoms with E-state index in [-0.39, 0.29) is 11.4 Å². The largest absolute Gasteiger partial charge is 0.478 e. The van der Waals surface area contributed by atoms with Gasteiger partial charge >= 0.3 is 5.97 Å². The molecule has 1 N–H and O–H groups in total. The smallest absolute Gasteiger partial charge is 0.335 e. The molecule has 2 aromatic rings. The van der Waals surface area contributed by atoms with Gasteiger partial charge in [0.25, 0.3) is 0 Å². The first-order valence-corrected chi connectivity index (χ1v) is 7.15. The average molecular weight is 312 g/mol. The molecule has 0 radical (unpaired) electrons. The molecular weight excluding hydrogens is 295 g/mol. The van der Waals surface area contributed by atoms with Crippen molar-refractivity contribution in [3.63, 3.8) is 0 Å². The van der Waals surface area contributed by atoms with Gasteiger partial charge in [-0.05, 0) is 60.9 Å². The summed E-state index contributed by atoms with van der Waals surface area (Å²) in [6, 6.07) is 12.7. The Hall–Kier alpha value is -2.88. The van der Waals surface area contributed by atoms with E-state index in [2.05, 4.69) is 6.58 Å². The SMILES string of the molecule is C=C(O/C=C/CCc1cccc(C(=O)O)c1)c1ccc(F)cc1. The zero-order valence-electron chi connectivity index (χ0n) is 12.5. The van der Waals surface area contributed by atoms with Crippen LogP contribution in [0.15, 0.2) is 67.4 Å². The number of allylic oxidation sites excluding steroid dienone is 1. The van der Waals surface area contributed by atoms with E-state index >= 15 is 0 Å². The molecule has 0 atom stereocenters. The van der Waals surface area contributed by atoms with E-state index in [9.17, 15) is 9.18 Å². The summed E-state index contributed by atoms with van der Waals surface area (Å²) in [7, 11) is 0. The van der Waals surface area contributed by atoms with Gasteiger partial charge < -0.3 is 9.84 Å². The van der Waals surface area contributed by atoms with E-state index in [4.69, 9.17) is 9.84 Å². The number of hydrogen-bond acceptors (Lipinski definition) is 2. The molecule has 118 valence electrons. The van der Waals surface area contributed by atoms with Gasteiger partial charge in [-0.1, -0.05) is 18.7 Å². The molecule has 23 heavy (non-hydrogen) atoms. The monoisotopic (exact) mass is 312 g/mol. The van der Waals surface area contributed by atoms with Crippen LogP contribution >= 0.6 is 0 Å². The summed E-state index contributed by atoms with van der Waals surface area (Å²) < 4.78 is 18.2. The van der Waals surface area contributed by atoms with Gasteiger partial charge in [0.2, 0.25) is 0 Å². The summed E-state index contributed by atoms with van der Waals surface area (Å²) in [5.74, 6) is -0.795. The molecular formula is C19H17FO3. The van der Waals surface area contributed by atoms with Crippen LogP contribution < -0.4 is 0 Å². The third-order valence-corrected chi connectivity index (χ3v) is 3.25. The van der Waals surface area contributed by atoms with Gasteiger partial charge in [0.05, 0.1) is 11.8 Å². The number of carboxylic acid groups (broad SMARTS) is 1. The number of halogens is 1. The predicted octanol–water partition coefficient (Wildman–Crippen LogP) is 4.66. The molecule has 0 aliphatic heterocycles. The second kappa shape index (κ2) is 7.94. The molecule has 0 aliphatic carbocycles. The van der Waals surface area contributed by atoms with Crippen molar-refractivity contribution in [2.45, 2.75) is 12.8 Å². The molecule has 0 unspecified atom stereocenters. The van der Waals surface area contributed by atoms with Crippen LogP contribution in [-0.4, -0.2) is 11.1 Å². The maximum absolute atomic E-state index is 12.8. The third-order valence-electron chi connectivity index (χ3n) is 3.25. The van der Waals surface area contributed by atoms with Crippen molar-refractivity contribution < 1.29 is 19.0 Å². The Morgan fingerprint density at radius 3 is 2.61 bits per heavy atom.